The second-order valence-electron chi connectivity index (χ2n) is 17.5. The van der Waals surface area contributed by atoms with E-state index in [1.807, 2.05) is 0 Å². The molecule has 6 heteroatoms. The Morgan fingerprint density at radius 1 is 0.582 bits per heavy atom. The highest BCUT2D eigenvalue weighted by atomic mass is 16.3. The highest BCUT2D eigenvalue weighted by molar-refractivity contribution is 6.90. The van der Waals surface area contributed by atoms with E-state index in [2.05, 4.69) is 153 Å². The number of rotatable bonds is 1. The zero-order valence-corrected chi connectivity index (χ0v) is 31.5. The maximum absolute atomic E-state index is 7.19. The van der Waals surface area contributed by atoms with Crippen molar-refractivity contribution in [2.24, 2.45) is 0 Å². The standard InChI is InChI=1S/C49H37BN2O3/c1-26-23-34-35(49(4,5)22-21-48(34,2)3)25-36(26)51-43-30-15-8-11-20-39(30)54-46(43)50-41-32(24-33-27-13-6-9-18-37(27)53-45(33)44(41)51)28-16-12-17-31-40-29-14-7-10-19-38(29)55-47(40)52(50)42(28)31/h6-20,23-25H,21-22H2,1-5H3. The van der Waals surface area contributed by atoms with Crippen LogP contribution in [0, 0.1) is 6.92 Å². The lowest BCUT2D eigenvalue weighted by molar-refractivity contribution is 0.332. The van der Waals surface area contributed by atoms with Crippen LogP contribution in [-0.4, -0.2) is 11.3 Å². The molecule has 0 saturated heterocycles. The Labute approximate surface area is 317 Å². The first-order chi connectivity index (χ1) is 26.7. The number of hydrogen-bond acceptors (Lipinski definition) is 4. The summed E-state index contributed by atoms with van der Waals surface area (Å²) in [7, 11) is 0. The number of aryl methyl sites for hydroxylation is 1. The summed E-state index contributed by atoms with van der Waals surface area (Å²) < 4.78 is 23.6. The Bertz CT molecular complexity index is 3370. The summed E-state index contributed by atoms with van der Waals surface area (Å²) >= 11 is 0. The first kappa shape index (κ1) is 30.2. The van der Waals surface area contributed by atoms with Crippen molar-refractivity contribution in [3.8, 4) is 11.1 Å². The summed E-state index contributed by atoms with van der Waals surface area (Å²) in [6.45, 7) is 11.6. The molecule has 10 aromatic rings. The van der Waals surface area contributed by atoms with Crippen molar-refractivity contribution in [1.29, 1.82) is 0 Å². The van der Waals surface area contributed by atoms with Crippen LogP contribution in [0.1, 0.15) is 57.2 Å². The predicted molar refractivity (Wildman–Crippen MR) is 227 cm³/mol. The van der Waals surface area contributed by atoms with E-state index in [1.165, 1.54) is 50.6 Å². The van der Waals surface area contributed by atoms with Crippen LogP contribution in [0.15, 0.2) is 122 Å². The van der Waals surface area contributed by atoms with Gasteiger partial charge in [-0.1, -0.05) is 100 Å². The van der Waals surface area contributed by atoms with Gasteiger partial charge in [0.05, 0.1) is 16.8 Å². The lowest BCUT2D eigenvalue weighted by Gasteiger charge is -2.44. The van der Waals surface area contributed by atoms with Crippen LogP contribution < -0.4 is 16.0 Å². The average Bonchev–Trinajstić information content (AvgIpc) is 3.94. The van der Waals surface area contributed by atoms with Crippen LogP contribution in [-0.2, 0) is 10.8 Å². The van der Waals surface area contributed by atoms with Gasteiger partial charge in [-0.15, -0.1) is 0 Å². The normalized spacial score (nSPS) is 16.5. The van der Waals surface area contributed by atoms with Crippen molar-refractivity contribution in [1.82, 2.24) is 4.48 Å². The Morgan fingerprint density at radius 3 is 1.98 bits per heavy atom. The second-order valence-corrected chi connectivity index (χ2v) is 17.5. The van der Waals surface area contributed by atoms with Crippen molar-refractivity contribution < 1.29 is 13.3 Å². The fraction of sp³-hybridized carbons (Fsp3) is 0.184. The molecule has 1 aliphatic carbocycles. The number of anilines is 3. The molecule has 0 bridgehead atoms. The number of hydrogen-bond donors (Lipinski definition) is 0. The van der Waals surface area contributed by atoms with Crippen LogP contribution in [0.2, 0.25) is 0 Å². The van der Waals surface area contributed by atoms with Gasteiger partial charge >= 0.3 is 6.85 Å². The molecule has 6 heterocycles. The van der Waals surface area contributed by atoms with Gasteiger partial charge in [-0.2, -0.15) is 0 Å². The lowest BCUT2D eigenvalue weighted by atomic mass is 9.47. The van der Waals surface area contributed by atoms with E-state index < -0.39 is 0 Å². The molecule has 0 spiro atoms. The minimum atomic E-state index is -0.301. The summed E-state index contributed by atoms with van der Waals surface area (Å²) in [5.41, 5.74) is 17.6. The van der Waals surface area contributed by atoms with Gasteiger partial charge in [-0.05, 0) is 94.7 Å². The van der Waals surface area contributed by atoms with Crippen molar-refractivity contribution in [3.63, 3.8) is 0 Å². The highest BCUT2D eigenvalue weighted by Crippen LogP contribution is 2.54. The maximum Gasteiger partial charge on any atom is 0.378 e. The summed E-state index contributed by atoms with van der Waals surface area (Å²) in [5, 5.41) is 6.78. The van der Waals surface area contributed by atoms with E-state index >= 15 is 0 Å². The first-order valence-corrected chi connectivity index (χ1v) is 19.6. The van der Waals surface area contributed by atoms with Crippen molar-refractivity contribution in [2.45, 2.75) is 58.3 Å². The molecule has 55 heavy (non-hydrogen) atoms. The highest BCUT2D eigenvalue weighted by Gasteiger charge is 2.49. The van der Waals surface area contributed by atoms with E-state index in [9.17, 15) is 0 Å². The third kappa shape index (κ3) is 3.57. The molecule has 0 unspecified atom stereocenters. The van der Waals surface area contributed by atoms with Gasteiger partial charge in [-0.3, -0.25) is 0 Å². The summed E-state index contributed by atoms with van der Waals surface area (Å²) in [6, 6.07) is 39.6. The molecule has 6 aromatic carbocycles. The Hall–Kier alpha value is -6.14. The van der Waals surface area contributed by atoms with Gasteiger partial charge in [0, 0.05) is 43.7 Å². The smallest absolute Gasteiger partial charge is 0.378 e. The third-order valence-electron chi connectivity index (χ3n) is 13.5. The van der Waals surface area contributed by atoms with E-state index in [1.54, 1.807) is 0 Å². The zero-order chi connectivity index (χ0) is 36.7. The number of nitrogens with zero attached hydrogens (tertiary/aromatic N) is 2. The molecule has 0 saturated carbocycles. The van der Waals surface area contributed by atoms with Gasteiger partial charge in [0.25, 0.3) is 0 Å². The van der Waals surface area contributed by atoms with Gasteiger partial charge in [-0.25, -0.2) is 0 Å². The molecule has 264 valence electrons. The molecular weight excluding hydrogens is 675 g/mol. The Balaban J connectivity index is 1.25. The predicted octanol–water partition coefficient (Wildman–Crippen LogP) is 12.3. The molecular formula is C49H37BN2O3. The fourth-order valence-electron chi connectivity index (χ4n) is 10.8. The molecule has 3 aliphatic rings. The van der Waals surface area contributed by atoms with Crippen LogP contribution in [0.4, 0.5) is 17.1 Å². The van der Waals surface area contributed by atoms with Gasteiger partial charge < -0.3 is 22.6 Å². The Morgan fingerprint density at radius 2 is 1.22 bits per heavy atom. The molecule has 0 amide bonds. The fourth-order valence-corrected chi connectivity index (χ4v) is 10.8. The number of para-hydroxylation sites is 4. The maximum atomic E-state index is 7.19. The van der Waals surface area contributed by atoms with Gasteiger partial charge in [0.2, 0.25) is 0 Å². The zero-order valence-electron chi connectivity index (χ0n) is 31.5. The van der Waals surface area contributed by atoms with Crippen LogP contribution in [0.25, 0.3) is 77.0 Å². The minimum absolute atomic E-state index is 0.0281. The topological polar surface area (TPSA) is 47.6 Å². The van der Waals surface area contributed by atoms with Crippen LogP contribution in [0.5, 0.6) is 0 Å². The number of aromatic nitrogens is 1. The molecule has 4 aromatic heterocycles. The van der Waals surface area contributed by atoms with Crippen molar-refractivity contribution in [2.75, 3.05) is 4.90 Å². The van der Waals surface area contributed by atoms with Crippen LogP contribution >= 0.6 is 0 Å². The lowest BCUT2D eigenvalue weighted by Crippen LogP contribution is -2.56. The molecule has 13 rings (SSSR count). The molecule has 0 fully saturated rings. The van der Waals surface area contributed by atoms with E-state index in [0.29, 0.717) is 0 Å². The van der Waals surface area contributed by atoms with E-state index in [0.717, 1.165) is 84.1 Å². The summed E-state index contributed by atoms with van der Waals surface area (Å²) in [6.07, 6.45) is 2.31. The summed E-state index contributed by atoms with van der Waals surface area (Å²) in [4.78, 5) is 2.51. The Kier molecular flexibility index (Phi) is 5.35. The monoisotopic (exact) mass is 712 g/mol. The van der Waals surface area contributed by atoms with Gasteiger partial charge in [0.1, 0.15) is 22.4 Å². The third-order valence-corrected chi connectivity index (χ3v) is 13.5. The number of furan rings is 3. The minimum Gasteiger partial charge on any atom is -0.466 e. The molecule has 0 radical (unpaired) electrons. The average molecular weight is 713 g/mol. The SMILES string of the molecule is Cc1cc2c(cc1N1c3c(oc4ccccc34)B3c4c(cc5c(oc6ccccc65)c41)-c1cccc4c5c6ccccc6oc5n3c14)C(C)(C)CCC2(C)C. The molecule has 2 aliphatic heterocycles. The summed E-state index contributed by atoms with van der Waals surface area (Å²) in [5.74, 6) is 0. The largest absolute Gasteiger partial charge is 0.466 e. The quantitative estimate of drug-likeness (QED) is 0.159. The van der Waals surface area contributed by atoms with Gasteiger partial charge in [0.15, 0.2) is 11.3 Å². The molecule has 0 N–H and O–H groups in total. The molecule has 5 nitrogen and oxygen atoms in total. The van der Waals surface area contributed by atoms with E-state index in [4.69, 9.17) is 13.3 Å². The van der Waals surface area contributed by atoms with Crippen LogP contribution in [0.3, 0.4) is 0 Å². The van der Waals surface area contributed by atoms with Crippen molar-refractivity contribution in [3.05, 3.63) is 126 Å². The molecule has 0 atom stereocenters. The number of benzene rings is 6. The van der Waals surface area contributed by atoms with E-state index in [-0.39, 0.29) is 17.7 Å². The second kappa shape index (κ2) is 9.74. The van der Waals surface area contributed by atoms with Crippen molar-refractivity contribution >= 4 is 101 Å². The first-order valence-electron chi connectivity index (χ1n) is 19.6. The number of fused-ring (bicyclic) bond motifs is 16.